The number of carbonyl (C=O) groups excluding carboxylic acids is 1. The third-order valence-corrected chi connectivity index (χ3v) is 11.7. The predicted octanol–water partition coefficient (Wildman–Crippen LogP) is 11.5. The van der Waals surface area contributed by atoms with Crippen LogP contribution in [0.2, 0.25) is 10.4 Å². The normalized spacial score (nSPS) is 9.73. The number of nitrogens with two attached hydrogens (primary N) is 1. The van der Waals surface area contributed by atoms with Gasteiger partial charge in [-0.15, -0.1) is 5.10 Å². The molecule has 6 heterocycles. The molecule has 0 amide bonds. The molecule has 11 aromatic rings. The van der Waals surface area contributed by atoms with Gasteiger partial charge in [0, 0.05) is 66.4 Å². The Labute approximate surface area is 542 Å². The number of carbonyl (C=O) groups is 2. The Balaban J connectivity index is 0.000000184. The van der Waals surface area contributed by atoms with E-state index >= 15 is 0 Å². The number of hydrogen-bond acceptors (Lipinski definition) is 23. The van der Waals surface area contributed by atoms with Crippen molar-refractivity contribution < 1.29 is 38.6 Å². The molecule has 5 aromatic carbocycles. The Morgan fingerprint density at radius 3 is 1.51 bits per heavy atom. The lowest BCUT2D eigenvalue weighted by Gasteiger charge is -2.11. The van der Waals surface area contributed by atoms with Gasteiger partial charge in [0.2, 0.25) is 33.7 Å². The second-order valence-electron chi connectivity index (χ2n) is 17.2. The monoisotopic (exact) mass is 1320 g/mol. The van der Waals surface area contributed by atoms with Crippen molar-refractivity contribution in [1.29, 1.82) is 0 Å². The van der Waals surface area contributed by atoms with Crippen LogP contribution in [0.1, 0.15) is 33.5 Å². The maximum atomic E-state index is 12.7. The smallest absolute Gasteiger partial charge is 0.342 e. The number of aromatic carboxylic acids is 1. The number of aryl methyl sites for hydroxylation is 1. The summed E-state index contributed by atoms with van der Waals surface area (Å²) < 4.78 is 18.7. The maximum Gasteiger partial charge on any atom is 0.342 e. The number of carboxylic acid groups (broad SMARTS) is 1. The van der Waals surface area contributed by atoms with Crippen LogP contribution in [0.4, 0.5) is 67.1 Å². The van der Waals surface area contributed by atoms with Crippen LogP contribution in [0, 0.1) is 75.9 Å². The van der Waals surface area contributed by atoms with E-state index in [1.54, 1.807) is 62.6 Å². The van der Waals surface area contributed by atoms with E-state index in [1.165, 1.54) is 105 Å². The number of esters is 1. The number of nitrogens with one attached hydrogen (secondary N) is 1. The molecule has 472 valence electrons. The number of non-ortho nitro benzene ring substituents is 3. The predicted molar refractivity (Wildman–Crippen MR) is 333 cm³/mol. The van der Waals surface area contributed by atoms with Gasteiger partial charge in [-0.2, -0.15) is 45.0 Å². The van der Waals surface area contributed by atoms with Crippen LogP contribution in [0.25, 0.3) is 47.0 Å². The number of rotatable bonds is 12. The number of nitro benzene ring substituents is 3. The Morgan fingerprint density at radius 2 is 1.05 bits per heavy atom. The van der Waals surface area contributed by atoms with Gasteiger partial charge < -0.3 is 20.9 Å². The van der Waals surface area contributed by atoms with Gasteiger partial charge in [-0.3, -0.25) is 30.3 Å². The molecule has 0 aliphatic rings. The van der Waals surface area contributed by atoms with Gasteiger partial charge in [0.25, 0.3) is 17.1 Å². The molecule has 0 spiro atoms. The van der Waals surface area contributed by atoms with E-state index in [4.69, 9.17) is 66.5 Å². The van der Waals surface area contributed by atoms with E-state index in [1.807, 2.05) is 0 Å². The number of hydrogen-bond donors (Lipinski definition) is 3. The topological polar surface area (TPSA) is 427 Å². The summed E-state index contributed by atoms with van der Waals surface area (Å²) in [5.74, 6) is -1.94. The van der Waals surface area contributed by atoms with Crippen LogP contribution in [-0.4, -0.2) is 118 Å². The van der Waals surface area contributed by atoms with Crippen molar-refractivity contribution in [2.45, 2.75) is 13.8 Å². The zero-order chi connectivity index (χ0) is 69.1. The van der Waals surface area contributed by atoms with Crippen LogP contribution in [-0.2, 0) is 4.74 Å². The highest BCUT2D eigenvalue weighted by molar-refractivity contribution is 6.33. The highest BCUT2D eigenvalue weighted by Crippen LogP contribution is 2.31. The van der Waals surface area contributed by atoms with Crippen LogP contribution in [0.5, 0.6) is 0 Å². The number of nitrogens with zero attached hydrogens (tertiary/aromatic N) is 24. The molecule has 0 atom stereocenters. The summed E-state index contributed by atoms with van der Waals surface area (Å²) in [5.41, 5.74) is 9.22. The second-order valence-corrected chi connectivity index (χ2v) is 17.9. The molecule has 0 radical (unpaired) electrons. The van der Waals surface area contributed by atoms with Crippen LogP contribution in [0.15, 0.2) is 153 Å². The molecule has 0 bridgehead atoms. The quantitative estimate of drug-likeness (QED) is 0.0194. The minimum absolute atomic E-state index is 0.00144. The summed E-state index contributed by atoms with van der Waals surface area (Å²) in [6, 6.07) is 20.7. The van der Waals surface area contributed by atoms with Gasteiger partial charge in [-0.25, -0.2) is 62.8 Å². The number of halogens is 3. The van der Waals surface area contributed by atoms with Crippen molar-refractivity contribution >= 4 is 97.8 Å². The van der Waals surface area contributed by atoms with Gasteiger partial charge >= 0.3 is 11.9 Å². The number of nitrogen functional groups attached to an aromatic ring is 1. The number of ether oxygens (including phenoxy) is 1. The fraction of sp³-hybridized carbons (Fsp3) is 0.0536. The average Bonchev–Trinajstić information content (AvgIpc) is 1.89. The van der Waals surface area contributed by atoms with Crippen molar-refractivity contribution in [3.63, 3.8) is 0 Å². The summed E-state index contributed by atoms with van der Waals surface area (Å²) in [6.45, 7) is 38.2. The van der Waals surface area contributed by atoms with Crippen molar-refractivity contribution in [1.82, 2.24) is 79.9 Å². The number of benzene rings is 5. The first-order valence-corrected chi connectivity index (χ1v) is 26.5. The Bertz CT molecular complexity index is 4690. The standard InChI is InChI=1S/C15H11N7O2.2C9H5N5O2.C9H7N5.C7H6Cl2N2O2.C7H3FN2O2/c1-9-17-8-11(15(23)24)14(20-9)21-10-3-4-12(16-2)13(7-10)22-18-5-6-19-22;1-10-8-3-2-7(14(15)16)6-9(8)13-5-4-11-12-13;1-10-8-3-2-7(14(15)16)6-9(8)13-11-4-5-12-13;1-11-8-3-2-7(10)6-9(8)14-12-4-5-13-14;1-2-13-6(12)4-3-10-7(9)11-5(4)8;1-9-7-3-2-5(10(11)12)4-6(7)8/h3-8H,1H3,(H,23,24)(H,17,20,21);2*2-6H;2-6H,10H2;3H,2H2,1H3;2-4H. The Kier molecular flexibility index (Phi) is 24.7. The van der Waals surface area contributed by atoms with Crippen molar-refractivity contribution in [2.75, 3.05) is 17.7 Å². The zero-order valence-electron chi connectivity index (χ0n) is 48.2. The molecule has 0 saturated heterocycles. The SMILES string of the molecule is CCOC(=O)c1cnc(Cl)nc1Cl.[C-]#[N+]c1ccc(N)cc1-n1nccn1.[C-]#[N+]c1ccc(Nc2nc(C)ncc2C(=O)O)cc1-n1nccn1.[C-]#[N+]c1ccc([N+](=O)[O-])cc1-n1ccnn1.[C-]#[N+]c1ccc([N+](=O)[O-])cc1-n1nccn1.[C-]#[N+]c1ccc([N+](=O)[O-])cc1F. The fourth-order valence-electron chi connectivity index (χ4n) is 7.04. The average molecular weight is 1320 g/mol. The van der Waals surface area contributed by atoms with Gasteiger partial charge in [0.15, 0.2) is 0 Å². The number of aromatic nitrogens is 16. The number of anilines is 3. The molecule has 0 unspecified atom stereocenters. The molecule has 6 aromatic heterocycles. The molecule has 0 fully saturated rings. The minimum Gasteiger partial charge on any atom is -0.477 e. The Hall–Kier alpha value is -14.5. The summed E-state index contributed by atoms with van der Waals surface area (Å²) >= 11 is 11.1. The minimum atomic E-state index is -1.13. The van der Waals surface area contributed by atoms with Crippen molar-refractivity contribution in [2.24, 2.45) is 0 Å². The number of carboxylic acids is 1. The first-order valence-electron chi connectivity index (χ1n) is 25.7. The summed E-state index contributed by atoms with van der Waals surface area (Å²) in [6.07, 6.45) is 14.4. The first-order chi connectivity index (χ1) is 45.6. The van der Waals surface area contributed by atoms with Gasteiger partial charge in [-0.05, 0) is 67.9 Å². The lowest BCUT2D eigenvalue weighted by molar-refractivity contribution is -0.385. The molecular weight excluding hydrogens is 1290 g/mol. The van der Waals surface area contributed by atoms with Gasteiger partial charge in [0.05, 0.1) is 120 Å². The molecule has 11 rings (SSSR count). The van der Waals surface area contributed by atoms with E-state index in [-0.39, 0.29) is 68.1 Å². The van der Waals surface area contributed by atoms with Crippen LogP contribution < -0.4 is 11.1 Å². The Morgan fingerprint density at radius 1 is 0.611 bits per heavy atom. The zero-order valence-corrected chi connectivity index (χ0v) is 49.7. The number of nitro groups is 3. The molecule has 39 heteroatoms. The first kappa shape index (κ1) is 69.6. The van der Waals surface area contributed by atoms with E-state index in [0.29, 0.717) is 51.3 Å². The molecule has 36 nitrogen and oxygen atoms in total. The fourth-order valence-corrected chi connectivity index (χ4v) is 7.42. The molecule has 0 aliphatic heterocycles. The maximum absolute atomic E-state index is 12.7. The summed E-state index contributed by atoms with van der Waals surface area (Å²) in [4.78, 5) is 87.2. The molecule has 0 saturated carbocycles. The van der Waals surface area contributed by atoms with E-state index in [2.05, 4.69) is 90.4 Å². The largest absolute Gasteiger partial charge is 0.477 e. The van der Waals surface area contributed by atoms with Crippen LogP contribution >= 0.6 is 23.2 Å². The molecule has 4 N–H and O–H groups in total. The third kappa shape index (κ3) is 19.3. The lowest BCUT2D eigenvalue weighted by atomic mass is 10.2. The van der Waals surface area contributed by atoms with Crippen molar-refractivity contribution in [3.05, 3.63) is 274 Å². The second kappa shape index (κ2) is 33.8. The van der Waals surface area contributed by atoms with Gasteiger partial charge in [0.1, 0.15) is 33.7 Å². The third-order valence-electron chi connectivity index (χ3n) is 11.2. The summed E-state index contributed by atoms with van der Waals surface area (Å²) in [7, 11) is 0. The summed E-state index contributed by atoms with van der Waals surface area (Å²) in [5, 5.41) is 74.4. The van der Waals surface area contributed by atoms with E-state index in [9.17, 15) is 49.4 Å². The van der Waals surface area contributed by atoms with E-state index < -0.39 is 32.5 Å². The van der Waals surface area contributed by atoms with Gasteiger partial charge in [-0.1, -0.05) is 28.9 Å². The lowest BCUT2D eigenvalue weighted by Crippen LogP contribution is -2.07. The molecule has 0 aliphatic carbocycles. The highest BCUT2D eigenvalue weighted by atomic mass is 35.5. The highest BCUT2D eigenvalue weighted by Gasteiger charge is 2.18. The molecular formula is C56H37Cl2FN26O10. The van der Waals surface area contributed by atoms with Crippen molar-refractivity contribution in [3.8, 4) is 22.7 Å². The molecule has 95 heavy (non-hydrogen) atoms. The van der Waals surface area contributed by atoms with E-state index in [0.717, 1.165) is 18.2 Å². The van der Waals surface area contributed by atoms with Crippen LogP contribution in [0.3, 0.4) is 0 Å².